The summed E-state index contributed by atoms with van der Waals surface area (Å²) in [6.07, 6.45) is 10.6. The minimum Gasteiger partial charge on any atom is -0.370 e. The Morgan fingerprint density at radius 1 is 1.24 bits per heavy atom. The van der Waals surface area contributed by atoms with Gasteiger partial charge in [0.25, 0.3) is 0 Å². The zero-order valence-corrected chi connectivity index (χ0v) is 10.3. The van der Waals surface area contributed by atoms with E-state index in [0.717, 1.165) is 25.7 Å². The number of hydrogen-bond donors (Lipinski definition) is 0. The molecule has 2 rings (SSSR count). The van der Waals surface area contributed by atoms with E-state index in [1.165, 1.54) is 5.56 Å². The summed E-state index contributed by atoms with van der Waals surface area (Å²) in [5.41, 5.74) is 1.22. The molecule has 17 heavy (non-hydrogen) atoms. The molecule has 1 atom stereocenters. The van der Waals surface area contributed by atoms with Crippen molar-refractivity contribution in [1.29, 1.82) is 0 Å². The van der Waals surface area contributed by atoms with Gasteiger partial charge in [0.1, 0.15) is 0 Å². The van der Waals surface area contributed by atoms with Crippen molar-refractivity contribution in [2.24, 2.45) is 0 Å². The van der Waals surface area contributed by atoms with Gasteiger partial charge in [-0.25, -0.2) is 0 Å². The van der Waals surface area contributed by atoms with Crippen molar-refractivity contribution in [3.8, 4) is 0 Å². The van der Waals surface area contributed by atoms with Gasteiger partial charge < -0.3 is 4.74 Å². The normalized spacial score (nSPS) is 23.5. The number of rotatable bonds is 5. The van der Waals surface area contributed by atoms with Crippen LogP contribution in [-0.4, -0.2) is 5.60 Å². The van der Waals surface area contributed by atoms with Gasteiger partial charge in [0.2, 0.25) is 0 Å². The standard InChI is InChI=1S/C16H20O/c1-2-11-16(12-7-4-8-13-16)17-14-15-9-5-3-6-10-15/h2-7,9-10H,1,8,11-14H2/t16-/m1/s1. The van der Waals surface area contributed by atoms with Crippen molar-refractivity contribution in [1.82, 2.24) is 0 Å². The molecular formula is C16H20O. The lowest BCUT2D eigenvalue weighted by atomic mass is 9.86. The van der Waals surface area contributed by atoms with E-state index in [2.05, 4.69) is 43.0 Å². The Morgan fingerprint density at radius 2 is 2.06 bits per heavy atom. The fraction of sp³-hybridized carbons (Fsp3) is 0.375. The highest BCUT2D eigenvalue weighted by atomic mass is 16.5. The van der Waals surface area contributed by atoms with E-state index in [1.807, 2.05) is 12.1 Å². The molecule has 1 aromatic carbocycles. The van der Waals surface area contributed by atoms with Gasteiger partial charge in [-0.15, -0.1) is 6.58 Å². The Balaban J connectivity index is 1.98. The average Bonchev–Trinajstić information content (AvgIpc) is 2.39. The molecule has 0 saturated heterocycles. The van der Waals surface area contributed by atoms with Crippen LogP contribution in [0.4, 0.5) is 0 Å². The summed E-state index contributed by atoms with van der Waals surface area (Å²) in [5, 5.41) is 0. The van der Waals surface area contributed by atoms with Crippen molar-refractivity contribution in [3.63, 3.8) is 0 Å². The molecule has 1 aromatic rings. The number of allylic oxidation sites excluding steroid dienone is 1. The second kappa shape index (κ2) is 5.83. The Bertz CT molecular complexity index is 380. The maximum atomic E-state index is 6.17. The van der Waals surface area contributed by atoms with Gasteiger partial charge in [-0.05, 0) is 31.2 Å². The van der Waals surface area contributed by atoms with E-state index in [-0.39, 0.29) is 5.60 Å². The molecule has 1 aliphatic carbocycles. The largest absolute Gasteiger partial charge is 0.370 e. The molecule has 90 valence electrons. The lowest BCUT2D eigenvalue weighted by Gasteiger charge is -2.34. The number of ether oxygens (including phenoxy) is 1. The van der Waals surface area contributed by atoms with Crippen LogP contribution in [0.3, 0.4) is 0 Å². The lowest BCUT2D eigenvalue weighted by Crippen LogP contribution is -2.32. The van der Waals surface area contributed by atoms with Crippen LogP contribution in [0.5, 0.6) is 0 Å². The van der Waals surface area contributed by atoms with Gasteiger partial charge >= 0.3 is 0 Å². The van der Waals surface area contributed by atoms with Crippen molar-refractivity contribution in [2.75, 3.05) is 0 Å². The molecule has 0 aliphatic heterocycles. The second-order valence-corrected chi connectivity index (χ2v) is 4.66. The van der Waals surface area contributed by atoms with Crippen molar-refractivity contribution >= 4 is 0 Å². The first-order valence-electron chi connectivity index (χ1n) is 6.28. The van der Waals surface area contributed by atoms with Crippen LogP contribution in [0.2, 0.25) is 0 Å². The molecule has 0 aromatic heterocycles. The summed E-state index contributed by atoms with van der Waals surface area (Å²) in [4.78, 5) is 0. The minimum atomic E-state index is -0.0215. The molecule has 0 heterocycles. The molecule has 0 bridgehead atoms. The molecule has 1 nitrogen and oxygen atoms in total. The fourth-order valence-electron chi connectivity index (χ4n) is 2.31. The fourth-order valence-corrected chi connectivity index (χ4v) is 2.31. The van der Waals surface area contributed by atoms with Gasteiger partial charge in [0.15, 0.2) is 0 Å². The van der Waals surface area contributed by atoms with Crippen LogP contribution in [0.25, 0.3) is 0 Å². The SMILES string of the molecule is C=CC[C@@]1(OCc2ccccc2)CC=CCC1. The predicted octanol–water partition coefficient (Wildman–Crippen LogP) is 4.26. The summed E-state index contributed by atoms with van der Waals surface area (Å²) in [5.74, 6) is 0. The summed E-state index contributed by atoms with van der Waals surface area (Å²) in [6.45, 7) is 4.55. The molecule has 0 N–H and O–H groups in total. The molecule has 0 saturated carbocycles. The number of hydrogen-bond acceptors (Lipinski definition) is 1. The smallest absolute Gasteiger partial charge is 0.0758 e. The zero-order chi connectivity index (χ0) is 12.0. The molecule has 0 amide bonds. The van der Waals surface area contributed by atoms with E-state index < -0.39 is 0 Å². The average molecular weight is 228 g/mol. The monoisotopic (exact) mass is 228 g/mol. The molecular weight excluding hydrogens is 208 g/mol. The highest BCUT2D eigenvalue weighted by molar-refractivity contribution is 5.14. The van der Waals surface area contributed by atoms with E-state index in [4.69, 9.17) is 4.74 Å². The topological polar surface area (TPSA) is 9.23 Å². The van der Waals surface area contributed by atoms with Gasteiger partial charge in [0.05, 0.1) is 12.2 Å². The maximum Gasteiger partial charge on any atom is 0.0758 e. The molecule has 1 aliphatic rings. The third-order valence-electron chi connectivity index (χ3n) is 3.33. The Hall–Kier alpha value is -1.34. The van der Waals surface area contributed by atoms with Gasteiger partial charge in [-0.3, -0.25) is 0 Å². The van der Waals surface area contributed by atoms with E-state index in [9.17, 15) is 0 Å². The van der Waals surface area contributed by atoms with E-state index >= 15 is 0 Å². The van der Waals surface area contributed by atoms with Gasteiger partial charge in [-0.1, -0.05) is 48.6 Å². The van der Waals surface area contributed by atoms with Crippen LogP contribution in [0.15, 0.2) is 55.1 Å². The summed E-state index contributed by atoms with van der Waals surface area (Å²) >= 11 is 0. The van der Waals surface area contributed by atoms with Crippen LogP contribution in [0, 0.1) is 0 Å². The summed E-state index contributed by atoms with van der Waals surface area (Å²) in [7, 11) is 0. The first-order valence-corrected chi connectivity index (χ1v) is 6.28. The van der Waals surface area contributed by atoms with Crippen LogP contribution < -0.4 is 0 Å². The molecule has 0 spiro atoms. The molecule has 0 fully saturated rings. The maximum absolute atomic E-state index is 6.17. The molecule has 0 unspecified atom stereocenters. The molecule has 0 radical (unpaired) electrons. The van der Waals surface area contributed by atoms with Crippen LogP contribution in [0.1, 0.15) is 31.2 Å². The van der Waals surface area contributed by atoms with Crippen molar-refractivity contribution < 1.29 is 4.74 Å². The first-order chi connectivity index (χ1) is 8.35. The number of benzene rings is 1. The van der Waals surface area contributed by atoms with Crippen molar-refractivity contribution in [3.05, 3.63) is 60.7 Å². The minimum absolute atomic E-state index is 0.0215. The Labute approximate surface area is 104 Å². The van der Waals surface area contributed by atoms with E-state index in [0.29, 0.717) is 6.61 Å². The molecule has 1 heteroatoms. The Morgan fingerprint density at radius 3 is 2.71 bits per heavy atom. The highest BCUT2D eigenvalue weighted by Crippen LogP contribution is 2.32. The van der Waals surface area contributed by atoms with Crippen molar-refractivity contribution in [2.45, 2.75) is 37.9 Å². The van der Waals surface area contributed by atoms with Gasteiger partial charge in [-0.2, -0.15) is 0 Å². The van der Waals surface area contributed by atoms with Crippen LogP contribution in [-0.2, 0) is 11.3 Å². The third kappa shape index (κ3) is 3.31. The lowest BCUT2D eigenvalue weighted by molar-refractivity contribution is -0.0605. The van der Waals surface area contributed by atoms with Gasteiger partial charge in [0, 0.05) is 0 Å². The van der Waals surface area contributed by atoms with Crippen LogP contribution >= 0.6 is 0 Å². The second-order valence-electron chi connectivity index (χ2n) is 4.66. The highest BCUT2D eigenvalue weighted by Gasteiger charge is 2.29. The summed E-state index contributed by atoms with van der Waals surface area (Å²) in [6, 6.07) is 10.4. The van der Waals surface area contributed by atoms with E-state index in [1.54, 1.807) is 0 Å². The Kier molecular flexibility index (Phi) is 4.16. The third-order valence-corrected chi connectivity index (χ3v) is 3.33. The predicted molar refractivity (Wildman–Crippen MR) is 71.8 cm³/mol. The quantitative estimate of drug-likeness (QED) is 0.684. The summed E-state index contributed by atoms with van der Waals surface area (Å²) < 4.78 is 6.17. The zero-order valence-electron chi connectivity index (χ0n) is 10.3. The first kappa shape index (κ1) is 12.1.